The predicted molar refractivity (Wildman–Crippen MR) is 127 cm³/mol. The van der Waals surface area contributed by atoms with Gasteiger partial charge in [-0.25, -0.2) is 0 Å². The first-order valence-electron chi connectivity index (χ1n) is 9.48. The van der Waals surface area contributed by atoms with Crippen molar-refractivity contribution in [1.29, 1.82) is 0 Å². The highest BCUT2D eigenvalue weighted by atomic mass is 14.0. The fourth-order valence-corrected chi connectivity index (χ4v) is 1.71. The lowest BCUT2D eigenvalue weighted by atomic mass is 10.0. The molecule has 0 unspecified atom stereocenters. The molecular weight excluding hydrogens is 324 g/mol. The highest BCUT2D eigenvalue weighted by Gasteiger charge is 1.94. The van der Waals surface area contributed by atoms with Crippen LogP contribution in [0.1, 0.15) is 46.6 Å². The van der Waals surface area contributed by atoms with Gasteiger partial charge in [-0.15, -0.1) is 6.58 Å². The Bertz CT molecular complexity index is 668. The number of aryl methyl sites for hydroxylation is 1. The normalized spacial score (nSPS) is 9.19. The van der Waals surface area contributed by atoms with Gasteiger partial charge in [0.15, 0.2) is 0 Å². The predicted octanol–water partition coefficient (Wildman–Crippen LogP) is 8.97. The summed E-state index contributed by atoms with van der Waals surface area (Å²) in [5, 5.41) is 0. The third-order valence-corrected chi connectivity index (χ3v) is 2.83. The van der Waals surface area contributed by atoms with E-state index in [1.54, 1.807) is 12.2 Å². The lowest BCUT2D eigenvalue weighted by molar-refractivity contribution is 1.09. The van der Waals surface area contributed by atoms with Gasteiger partial charge in [0.2, 0.25) is 0 Å². The van der Waals surface area contributed by atoms with E-state index in [1.165, 1.54) is 28.7 Å². The summed E-state index contributed by atoms with van der Waals surface area (Å²) in [6.07, 6.45) is 6.70. The van der Waals surface area contributed by atoms with Crippen LogP contribution in [0, 0.1) is 6.92 Å². The first-order chi connectivity index (χ1) is 12.8. The molecule has 146 valence electrons. The van der Waals surface area contributed by atoms with Crippen molar-refractivity contribution < 1.29 is 0 Å². The standard InChI is InChI=1S/C13H12.C7H10.C4H8.C3H8/c1-11-6-5-9-13(10-11)12-7-3-2-4-8-12;1-4-6-7(3)5-2;1-4(2)3;1-3-2/h2-10H,1H3;4-6H,1-2H2,3H3;1H2,2-3H3;3H2,1-2H3/b;7-6-;;. The van der Waals surface area contributed by atoms with Crippen LogP contribution in [0.3, 0.4) is 0 Å². The maximum atomic E-state index is 3.56. The number of hydrogen-bond acceptors (Lipinski definition) is 0. The minimum atomic E-state index is 1.15. The van der Waals surface area contributed by atoms with E-state index in [0.29, 0.717) is 0 Å². The molecular formula is C27H38. The van der Waals surface area contributed by atoms with Crippen molar-refractivity contribution in [2.24, 2.45) is 0 Å². The largest absolute Gasteiger partial charge is 0.100 e. The summed E-state index contributed by atoms with van der Waals surface area (Å²) >= 11 is 0. The van der Waals surface area contributed by atoms with Crippen molar-refractivity contribution in [2.75, 3.05) is 0 Å². The zero-order valence-electron chi connectivity index (χ0n) is 18.3. The molecule has 0 heteroatoms. The van der Waals surface area contributed by atoms with E-state index < -0.39 is 0 Å². The van der Waals surface area contributed by atoms with Gasteiger partial charge in [0, 0.05) is 0 Å². The van der Waals surface area contributed by atoms with Gasteiger partial charge in [-0.1, -0.05) is 123 Å². The number of allylic oxidation sites excluding steroid dienone is 5. The minimum Gasteiger partial charge on any atom is -0.100 e. The zero-order valence-corrected chi connectivity index (χ0v) is 18.3. The fraction of sp³-hybridized carbons (Fsp3) is 0.259. The Balaban J connectivity index is 0. The number of rotatable bonds is 3. The van der Waals surface area contributed by atoms with E-state index in [0.717, 1.165) is 5.57 Å². The highest BCUT2D eigenvalue weighted by molar-refractivity contribution is 5.63. The summed E-state index contributed by atoms with van der Waals surface area (Å²) in [6.45, 7) is 22.9. The van der Waals surface area contributed by atoms with E-state index >= 15 is 0 Å². The molecule has 0 aromatic heterocycles. The van der Waals surface area contributed by atoms with Crippen LogP contribution in [0.4, 0.5) is 0 Å². The van der Waals surface area contributed by atoms with Gasteiger partial charge in [-0.05, 0) is 38.8 Å². The Kier molecular flexibility index (Phi) is 17.9. The molecule has 0 radical (unpaired) electrons. The lowest BCUT2D eigenvalue weighted by Crippen LogP contribution is -1.77. The van der Waals surface area contributed by atoms with E-state index in [4.69, 9.17) is 0 Å². The van der Waals surface area contributed by atoms with Crippen LogP contribution >= 0.6 is 0 Å². The molecule has 0 aliphatic rings. The Labute approximate surface area is 168 Å². The van der Waals surface area contributed by atoms with Crippen LogP contribution in [-0.4, -0.2) is 0 Å². The molecule has 0 aliphatic heterocycles. The van der Waals surface area contributed by atoms with Gasteiger partial charge in [0.1, 0.15) is 0 Å². The molecule has 2 aromatic rings. The summed E-state index contributed by atoms with van der Waals surface area (Å²) in [6, 6.07) is 19.0. The van der Waals surface area contributed by atoms with Gasteiger partial charge in [-0.2, -0.15) is 0 Å². The van der Waals surface area contributed by atoms with Gasteiger partial charge < -0.3 is 0 Å². The number of benzene rings is 2. The molecule has 0 aliphatic carbocycles. The highest BCUT2D eigenvalue weighted by Crippen LogP contribution is 2.19. The van der Waals surface area contributed by atoms with E-state index in [2.05, 4.69) is 89.0 Å². The van der Waals surface area contributed by atoms with Crippen LogP contribution in [0.2, 0.25) is 0 Å². The second-order valence-electron chi connectivity index (χ2n) is 6.50. The molecule has 0 heterocycles. The fourth-order valence-electron chi connectivity index (χ4n) is 1.71. The topological polar surface area (TPSA) is 0 Å². The molecule has 0 nitrogen and oxygen atoms in total. The Morgan fingerprint density at radius 3 is 1.70 bits per heavy atom. The van der Waals surface area contributed by atoms with Crippen molar-refractivity contribution in [3.63, 3.8) is 0 Å². The molecule has 27 heavy (non-hydrogen) atoms. The summed E-state index contributed by atoms with van der Waals surface area (Å²) in [7, 11) is 0. The molecule has 0 spiro atoms. The SMILES string of the molecule is C=C(C)C.C=C/C=C(/C)C=C.CCC.Cc1cccc(-c2ccccc2)c1. The average Bonchev–Trinajstić information content (AvgIpc) is 2.63. The van der Waals surface area contributed by atoms with Crippen LogP contribution in [0.25, 0.3) is 11.1 Å². The summed E-state index contributed by atoms with van der Waals surface area (Å²) in [5.74, 6) is 0. The molecule has 0 bridgehead atoms. The van der Waals surface area contributed by atoms with Crippen molar-refractivity contribution in [3.8, 4) is 11.1 Å². The minimum absolute atomic E-state index is 1.15. The second-order valence-corrected chi connectivity index (χ2v) is 6.50. The Morgan fingerprint density at radius 1 is 0.852 bits per heavy atom. The summed E-state index contributed by atoms with van der Waals surface area (Å²) in [5.41, 5.74) is 6.20. The smallest absolute Gasteiger partial charge is 0.0181 e. The van der Waals surface area contributed by atoms with E-state index in [-0.39, 0.29) is 0 Å². The summed E-state index contributed by atoms with van der Waals surface area (Å²) in [4.78, 5) is 0. The Hall–Kier alpha value is -2.60. The van der Waals surface area contributed by atoms with E-state index in [1.807, 2.05) is 32.9 Å². The van der Waals surface area contributed by atoms with Gasteiger partial charge in [0.05, 0.1) is 0 Å². The molecule has 2 aromatic carbocycles. The maximum absolute atomic E-state index is 3.56. The molecule has 2 rings (SSSR count). The van der Waals surface area contributed by atoms with E-state index in [9.17, 15) is 0 Å². The van der Waals surface area contributed by atoms with Crippen LogP contribution in [0.15, 0.2) is 104 Å². The second kappa shape index (κ2) is 18.2. The van der Waals surface area contributed by atoms with Crippen LogP contribution in [-0.2, 0) is 0 Å². The maximum Gasteiger partial charge on any atom is -0.0181 e. The van der Waals surface area contributed by atoms with Crippen molar-refractivity contribution in [2.45, 2.75) is 48.0 Å². The van der Waals surface area contributed by atoms with Crippen molar-refractivity contribution in [1.82, 2.24) is 0 Å². The first-order valence-corrected chi connectivity index (χ1v) is 9.48. The van der Waals surface area contributed by atoms with Crippen LogP contribution < -0.4 is 0 Å². The first kappa shape index (κ1) is 26.6. The van der Waals surface area contributed by atoms with Gasteiger partial charge >= 0.3 is 0 Å². The third kappa shape index (κ3) is 18.0. The average molecular weight is 363 g/mol. The lowest BCUT2D eigenvalue weighted by Gasteiger charge is -2.01. The molecule has 0 N–H and O–H groups in total. The molecule has 0 saturated heterocycles. The quantitative estimate of drug-likeness (QED) is 0.377. The molecule has 0 amide bonds. The van der Waals surface area contributed by atoms with Crippen molar-refractivity contribution in [3.05, 3.63) is 109 Å². The molecule has 0 atom stereocenters. The van der Waals surface area contributed by atoms with Crippen molar-refractivity contribution >= 4 is 0 Å². The number of hydrogen-bond donors (Lipinski definition) is 0. The Morgan fingerprint density at radius 2 is 1.33 bits per heavy atom. The van der Waals surface area contributed by atoms with Gasteiger partial charge in [-0.3, -0.25) is 0 Å². The summed E-state index contributed by atoms with van der Waals surface area (Å²) < 4.78 is 0. The van der Waals surface area contributed by atoms with Crippen LogP contribution in [0.5, 0.6) is 0 Å². The molecule has 0 saturated carbocycles. The zero-order chi connectivity index (χ0) is 21.1. The third-order valence-electron chi connectivity index (χ3n) is 2.83. The monoisotopic (exact) mass is 362 g/mol. The molecule has 0 fully saturated rings. The van der Waals surface area contributed by atoms with Gasteiger partial charge in [0.25, 0.3) is 0 Å².